The lowest BCUT2D eigenvalue weighted by molar-refractivity contribution is -0.147. The molecule has 0 aliphatic rings. The summed E-state index contributed by atoms with van der Waals surface area (Å²) in [7, 11) is -8.17. The second-order valence-electron chi connectivity index (χ2n) is 9.87. The molecule has 0 N–H and O–H groups in total. The monoisotopic (exact) mass is 662 g/mol. The molecular formula is C34H30O10S2. The van der Waals surface area contributed by atoms with E-state index >= 15 is 0 Å². The van der Waals surface area contributed by atoms with Gasteiger partial charge in [-0.25, -0.2) is 0 Å². The Hall–Kier alpha value is -5.20. The zero-order valence-electron chi connectivity index (χ0n) is 24.9. The molecular weight excluding hydrogens is 632 g/mol. The fourth-order valence-electron chi connectivity index (χ4n) is 4.27. The third-order valence-electron chi connectivity index (χ3n) is 6.45. The van der Waals surface area contributed by atoms with E-state index in [1.165, 1.54) is 86.6 Å². The summed E-state index contributed by atoms with van der Waals surface area (Å²) in [4.78, 5) is 24.1. The summed E-state index contributed by atoms with van der Waals surface area (Å²) in [5, 5.41) is 0. The van der Waals surface area contributed by atoms with Crippen LogP contribution in [0, 0.1) is 0 Å². The van der Waals surface area contributed by atoms with Gasteiger partial charge < -0.3 is 17.8 Å². The molecule has 12 heteroatoms. The van der Waals surface area contributed by atoms with Crippen LogP contribution in [0.25, 0.3) is 0 Å². The number of esters is 2. The minimum Gasteiger partial charge on any atom is -0.453 e. The number of carbonyl (C=O) groups excluding carboxylic acids is 2. The summed E-state index contributed by atoms with van der Waals surface area (Å²) in [6.07, 6.45) is -2.19. The van der Waals surface area contributed by atoms with E-state index in [1.807, 2.05) is 0 Å². The van der Waals surface area contributed by atoms with Gasteiger partial charge in [-0.2, -0.15) is 16.8 Å². The van der Waals surface area contributed by atoms with Crippen molar-refractivity contribution in [3.8, 4) is 11.5 Å². The highest BCUT2D eigenvalue weighted by Gasteiger charge is 2.28. The van der Waals surface area contributed by atoms with Crippen molar-refractivity contribution in [1.29, 1.82) is 0 Å². The van der Waals surface area contributed by atoms with Crippen molar-refractivity contribution >= 4 is 32.2 Å². The summed E-state index contributed by atoms with van der Waals surface area (Å²) in [6, 6.07) is 26.9. The molecule has 0 aromatic heterocycles. The van der Waals surface area contributed by atoms with Crippen LogP contribution in [0.5, 0.6) is 11.5 Å². The quantitative estimate of drug-likeness (QED) is 0.0918. The van der Waals surface area contributed by atoms with Gasteiger partial charge in [0, 0.05) is 13.8 Å². The zero-order chi connectivity index (χ0) is 33.5. The van der Waals surface area contributed by atoms with E-state index in [-0.39, 0.29) is 32.4 Å². The molecule has 2 unspecified atom stereocenters. The van der Waals surface area contributed by atoms with Crippen molar-refractivity contribution in [2.24, 2.45) is 0 Å². The summed E-state index contributed by atoms with van der Waals surface area (Å²) in [5.41, 5.74) is 1.17. The Kier molecular flexibility index (Phi) is 10.5. The number of carbonyl (C=O) groups is 2. The van der Waals surface area contributed by atoms with E-state index in [9.17, 15) is 26.4 Å². The van der Waals surface area contributed by atoms with Gasteiger partial charge in [-0.3, -0.25) is 9.59 Å². The smallest absolute Gasteiger partial charge is 0.339 e. The van der Waals surface area contributed by atoms with E-state index in [0.29, 0.717) is 11.1 Å². The Balaban J connectivity index is 1.56. The Morgan fingerprint density at radius 1 is 0.522 bits per heavy atom. The van der Waals surface area contributed by atoms with E-state index in [4.69, 9.17) is 17.8 Å². The molecule has 0 bridgehead atoms. The Labute approximate surface area is 267 Å². The van der Waals surface area contributed by atoms with Gasteiger partial charge in [0.05, 0.1) is 0 Å². The summed E-state index contributed by atoms with van der Waals surface area (Å²) in [6.45, 7) is 10.5. The van der Waals surface area contributed by atoms with E-state index < -0.39 is 44.4 Å². The second-order valence-corrected chi connectivity index (χ2v) is 13.0. The maximum Gasteiger partial charge on any atom is 0.339 e. The molecule has 0 amide bonds. The summed E-state index contributed by atoms with van der Waals surface area (Å²) >= 11 is 0. The van der Waals surface area contributed by atoms with E-state index in [0.717, 1.165) is 0 Å². The van der Waals surface area contributed by atoms with Gasteiger partial charge >= 0.3 is 32.2 Å². The molecule has 0 saturated heterocycles. The molecule has 0 heterocycles. The first-order valence-corrected chi connectivity index (χ1v) is 16.5. The van der Waals surface area contributed by atoms with Crippen LogP contribution in [0.2, 0.25) is 0 Å². The van der Waals surface area contributed by atoms with Crippen LogP contribution in [-0.2, 0) is 39.3 Å². The molecule has 0 aliphatic carbocycles. The molecule has 0 spiro atoms. The van der Waals surface area contributed by atoms with Gasteiger partial charge in [0.15, 0.2) is 12.2 Å². The van der Waals surface area contributed by atoms with Gasteiger partial charge in [0.25, 0.3) is 0 Å². The molecule has 46 heavy (non-hydrogen) atoms. The van der Waals surface area contributed by atoms with Gasteiger partial charge in [0.2, 0.25) is 0 Å². The number of benzene rings is 4. The molecule has 238 valence electrons. The van der Waals surface area contributed by atoms with E-state index in [2.05, 4.69) is 13.2 Å². The Morgan fingerprint density at radius 2 is 0.826 bits per heavy atom. The van der Waals surface area contributed by atoms with Gasteiger partial charge in [0.1, 0.15) is 21.3 Å². The third-order valence-corrected chi connectivity index (χ3v) is 8.98. The van der Waals surface area contributed by atoms with Crippen LogP contribution in [0.1, 0.15) is 37.2 Å². The van der Waals surface area contributed by atoms with Crippen LogP contribution >= 0.6 is 0 Å². The zero-order valence-corrected chi connectivity index (χ0v) is 26.5. The fourth-order valence-corrected chi connectivity index (χ4v) is 6.17. The van der Waals surface area contributed by atoms with Gasteiger partial charge in [-0.05, 0) is 70.8 Å². The first-order chi connectivity index (χ1) is 21.8. The third kappa shape index (κ3) is 8.49. The maximum atomic E-state index is 12.6. The lowest BCUT2D eigenvalue weighted by Gasteiger charge is -2.26. The van der Waals surface area contributed by atoms with Crippen molar-refractivity contribution in [3.63, 3.8) is 0 Å². The highest BCUT2D eigenvalue weighted by molar-refractivity contribution is 7.87. The molecule has 10 nitrogen and oxygen atoms in total. The average Bonchev–Trinajstić information content (AvgIpc) is 3.03. The van der Waals surface area contributed by atoms with Crippen LogP contribution < -0.4 is 8.37 Å². The second kappa shape index (κ2) is 14.3. The number of hydrogen-bond acceptors (Lipinski definition) is 10. The van der Waals surface area contributed by atoms with Gasteiger partial charge in [-0.15, -0.1) is 0 Å². The van der Waals surface area contributed by atoms with E-state index in [1.54, 1.807) is 36.4 Å². The molecule has 4 aromatic carbocycles. The molecule has 4 aromatic rings. The summed E-state index contributed by atoms with van der Waals surface area (Å²) < 4.78 is 72.0. The Bertz CT molecular complexity index is 1790. The molecule has 0 radical (unpaired) electrons. The fraction of sp³-hybridized carbons (Fsp3) is 0.118. The first-order valence-electron chi connectivity index (χ1n) is 13.7. The summed E-state index contributed by atoms with van der Waals surface area (Å²) in [5.74, 6) is -1.24. The molecule has 0 fully saturated rings. The van der Waals surface area contributed by atoms with Crippen LogP contribution in [0.4, 0.5) is 0 Å². The predicted molar refractivity (Wildman–Crippen MR) is 169 cm³/mol. The molecule has 2 atom stereocenters. The Morgan fingerprint density at radius 3 is 1.11 bits per heavy atom. The van der Waals surface area contributed by atoms with Crippen molar-refractivity contribution in [1.82, 2.24) is 0 Å². The largest absolute Gasteiger partial charge is 0.453 e. The van der Waals surface area contributed by atoms with Crippen molar-refractivity contribution in [3.05, 3.63) is 145 Å². The SMILES string of the molecule is C=C(C(=C)C(OC(C)=O)c1ccc(OS(=O)(=O)c2ccccc2)cc1)C(OC(C)=O)c1ccc(OS(=O)(=O)c2ccccc2)cc1. The molecule has 4 rings (SSSR count). The predicted octanol–water partition coefficient (Wildman–Crippen LogP) is 6.24. The topological polar surface area (TPSA) is 139 Å². The number of rotatable bonds is 13. The highest BCUT2D eigenvalue weighted by atomic mass is 32.2. The molecule has 0 aliphatic heterocycles. The highest BCUT2D eigenvalue weighted by Crippen LogP contribution is 2.38. The lowest BCUT2D eigenvalue weighted by atomic mass is 9.91. The number of ether oxygens (including phenoxy) is 2. The van der Waals surface area contributed by atoms with Gasteiger partial charge in [-0.1, -0.05) is 73.8 Å². The number of hydrogen-bond donors (Lipinski definition) is 0. The van der Waals surface area contributed by atoms with Crippen LogP contribution in [0.3, 0.4) is 0 Å². The first kappa shape index (κ1) is 33.7. The maximum absolute atomic E-state index is 12.6. The normalized spacial score (nSPS) is 12.7. The molecule has 0 saturated carbocycles. The van der Waals surface area contributed by atoms with Crippen LogP contribution in [0.15, 0.2) is 143 Å². The van der Waals surface area contributed by atoms with Crippen molar-refractivity contribution < 1.29 is 44.3 Å². The standard InChI is InChI=1S/C34H30O10S2/c1-23(33(41-25(3)35)27-15-19-29(20-16-27)43-45(37,38)31-11-7-5-8-12-31)24(2)34(42-26(4)36)28-17-21-30(22-18-28)44-46(39,40)32-13-9-6-10-14-32/h5-22,33-34H,1-2H2,3-4H3. The lowest BCUT2D eigenvalue weighted by Crippen LogP contribution is -2.18. The minimum absolute atomic E-state index is 0.0181. The average molecular weight is 663 g/mol. The van der Waals surface area contributed by atoms with Crippen molar-refractivity contribution in [2.75, 3.05) is 0 Å². The minimum atomic E-state index is -4.08. The van der Waals surface area contributed by atoms with Crippen molar-refractivity contribution in [2.45, 2.75) is 35.8 Å². The van der Waals surface area contributed by atoms with Crippen LogP contribution in [-0.4, -0.2) is 28.8 Å².